The smallest absolute Gasteiger partial charge is 0.316 e. The van der Waals surface area contributed by atoms with E-state index < -0.39 is 0 Å². The largest absolute Gasteiger partial charge is 0.465 e. The second-order valence-corrected chi connectivity index (χ2v) is 6.50. The molecular weight excluding hydrogens is 332 g/mol. The number of thioether (sulfide) groups is 1. The first-order valence-electron chi connectivity index (χ1n) is 8.17. The van der Waals surface area contributed by atoms with Crippen molar-refractivity contribution in [1.29, 1.82) is 0 Å². The number of benzene rings is 2. The molecule has 0 atom stereocenters. The molecule has 0 bridgehead atoms. The Morgan fingerprint density at radius 3 is 2.52 bits per heavy atom. The number of aryl methyl sites for hydroxylation is 1. The lowest BCUT2D eigenvalue weighted by molar-refractivity contribution is -0.139. The van der Waals surface area contributed by atoms with Crippen molar-refractivity contribution >= 4 is 17.7 Å². The maximum atomic E-state index is 11.7. The van der Waals surface area contributed by atoms with E-state index in [1.807, 2.05) is 31.3 Å². The predicted octanol–water partition coefficient (Wildman–Crippen LogP) is 4.50. The normalized spacial score (nSPS) is 10.6. The van der Waals surface area contributed by atoms with Crippen molar-refractivity contribution < 1.29 is 9.53 Å². The molecule has 4 nitrogen and oxygen atoms in total. The summed E-state index contributed by atoms with van der Waals surface area (Å²) in [7, 11) is 0. The molecule has 1 aromatic heterocycles. The van der Waals surface area contributed by atoms with E-state index in [0.717, 1.165) is 22.1 Å². The fourth-order valence-electron chi connectivity index (χ4n) is 2.52. The molecule has 2 aromatic carbocycles. The van der Waals surface area contributed by atoms with Crippen LogP contribution in [0.25, 0.3) is 16.9 Å². The Hall–Kier alpha value is -2.53. The molecular formula is C20H20N2O2S. The van der Waals surface area contributed by atoms with Gasteiger partial charge in [-0.05, 0) is 26.0 Å². The summed E-state index contributed by atoms with van der Waals surface area (Å²) in [4.78, 5) is 16.2. The summed E-state index contributed by atoms with van der Waals surface area (Å²) in [6.07, 6.45) is 1.85. The van der Waals surface area contributed by atoms with Gasteiger partial charge in [-0.1, -0.05) is 59.8 Å². The molecule has 0 saturated heterocycles. The molecule has 0 radical (unpaired) electrons. The minimum Gasteiger partial charge on any atom is -0.465 e. The van der Waals surface area contributed by atoms with Gasteiger partial charge in [0.2, 0.25) is 0 Å². The van der Waals surface area contributed by atoms with E-state index in [-0.39, 0.29) is 11.7 Å². The van der Waals surface area contributed by atoms with Crippen molar-refractivity contribution in [2.45, 2.75) is 19.0 Å². The third kappa shape index (κ3) is 4.12. The first kappa shape index (κ1) is 17.3. The van der Waals surface area contributed by atoms with Crippen molar-refractivity contribution in [3.63, 3.8) is 0 Å². The van der Waals surface area contributed by atoms with E-state index in [1.54, 1.807) is 0 Å². The predicted molar refractivity (Wildman–Crippen MR) is 101 cm³/mol. The van der Waals surface area contributed by atoms with Crippen molar-refractivity contribution in [2.75, 3.05) is 12.4 Å². The van der Waals surface area contributed by atoms with Crippen LogP contribution >= 0.6 is 11.8 Å². The summed E-state index contributed by atoms with van der Waals surface area (Å²) in [5, 5.41) is 0.774. The maximum absolute atomic E-state index is 11.7. The van der Waals surface area contributed by atoms with Crippen LogP contribution < -0.4 is 0 Å². The Morgan fingerprint density at radius 2 is 1.84 bits per heavy atom. The number of aromatic nitrogens is 2. The van der Waals surface area contributed by atoms with Crippen LogP contribution in [0.2, 0.25) is 0 Å². The van der Waals surface area contributed by atoms with Gasteiger partial charge in [0.1, 0.15) is 0 Å². The molecule has 1 heterocycles. The number of nitrogens with zero attached hydrogens (tertiary/aromatic N) is 2. The van der Waals surface area contributed by atoms with E-state index in [9.17, 15) is 4.79 Å². The van der Waals surface area contributed by atoms with Gasteiger partial charge in [0.25, 0.3) is 0 Å². The second-order valence-electron chi connectivity index (χ2n) is 5.56. The molecule has 0 aliphatic carbocycles. The summed E-state index contributed by atoms with van der Waals surface area (Å²) in [6, 6.07) is 18.4. The number of esters is 1. The zero-order valence-corrected chi connectivity index (χ0v) is 15.1. The molecule has 0 amide bonds. The molecule has 3 aromatic rings. The number of rotatable bonds is 6. The fourth-order valence-corrected chi connectivity index (χ4v) is 3.31. The van der Waals surface area contributed by atoms with Crippen LogP contribution in [0.15, 0.2) is 66.0 Å². The zero-order valence-electron chi connectivity index (χ0n) is 14.3. The van der Waals surface area contributed by atoms with Gasteiger partial charge >= 0.3 is 5.97 Å². The molecule has 0 aliphatic rings. The van der Waals surface area contributed by atoms with Gasteiger partial charge in [0, 0.05) is 11.3 Å². The van der Waals surface area contributed by atoms with Gasteiger partial charge in [-0.25, -0.2) is 4.98 Å². The van der Waals surface area contributed by atoms with Crippen LogP contribution in [0.1, 0.15) is 12.5 Å². The quantitative estimate of drug-likeness (QED) is 0.484. The van der Waals surface area contributed by atoms with Crippen LogP contribution in [0.5, 0.6) is 0 Å². The second kappa shape index (κ2) is 8.03. The number of hydrogen-bond acceptors (Lipinski definition) is 4. The Bertz CT molecular complexity index is 842. The molecule has 0 aliphatic heterocycles. The van der Waals surface area contributed by atoms with E-state index in [0.29, 0.717) is 6.61 Å². The number of hydrogen-bond donors (Lipinski definition) is 0. The summed E-state index contributed by atoms with van der Waals surface area (Å²) < 4.78 is 7.10. The molecule has 5 heteroatoms. The van der Waals surface area contributed by atoms with Gasteiger partial charge in [0.15, 0.2) is 5.16 Å². The Morgan fingerprint density at radius 1 is 1.12 bits per heavy atom. The summed E-state index contributed by atoms with van der Waals surface area (Å²) >= 11 is 1.39. The third-order valence-electron chi connectivity index (χ3n) is 3.72. The highest BCUT2D eigenvalue weighted by Crippen LogP contribution is 2.30. The fraction of sp³-hybridized carbons (Fsp3) is 0.200. The lowest BCUT2D eigenvalue weighted by atomic mass is 10.1. The van der Waals surface area contributed by atoms with Crippen LogP contribution in [0.3, 0.4) is 0 Å². The van der Waals surface area contributed by atoms with Gasteiger partial charge < -0.3 is 4.74 Å². The first-order chi connectivity index (χ1) is 12.2. The highest BCUT2D eigenvalue weighted by molar-refractivity contribution is 7.99. The average molecular weight is 352 g/mol. The maximum Gasteiger partial charge on any atom is 0.316 e. The Labute approximate surface area is 151 Å². The number of carbonyl (C=O) groups excluding carboxylic acids is 1. The van der Waals surface area contributed by atoms with Gasteiger partial charge in [-0.15, -0.1) is 0 Å². The molecule has 0 saturated carbocycles. The molecule has 25 heavy (non-hydrogen) atoms. The summed E-state index contributed by atoms with van der Waals surface area (Å²) in [5.74, 6) is 0.0116. The molecule has 3 rings (SSSR count). The Balaban J connectivity index is 1.99. The first-order valence-corrected chi connectivity index (χ1v) is 9.16. The lowest BCUT2D eigenvalue weighted by Crippen LogP contribution is -2.08. The van der Waals surface area contributed by atoms with Crippen molar-refractivity contribution in [1.82, 2.24) is 9.55 Å². The zero-order chi connectivity index (χ0) is 17.6. The average Bonchev–Trinajstić information content (AvgIpc) is 3.05. The van der Waals surface area contributed by atoms with E-state index in [2.05, 4.69) is 52.9 Å². The SMILES string of the molecule is CCOC(=O)CSc1ncc(-c2ccccc2)n1-c1ccc(C)cc1. The summed E-state index contributed by atoms with van der Waals surface area (Å²) in [6.45, 7) is 4.26. The molecule has 0 spiro atoms. The highest BCUT2D eigenvalue weighted by Gasteiger charge is 2.15. The molecule has 0 fully saturated rings. The standard InChI is InChI=1S/C20H20N2O2S/c1-3-24-19(23)14-25-20-21-13-18(16-7-5-4-6-8-16)22(20)17-11-9-15(2)10-12-17/h4-13H,3,14H2,1-2H3. The van der Waals surface area contributed by atoms with Gasteiger partial charge in [0.05, 0.1) is 24.3 Å². The Kier molecular flexibility index (Phi) is 5.56. The highest BCUT2D eigenvalue weighted by atomic mass is 32.2. The van der Waals surface area contributed by atoms with Crippen LogP contribution in [-0.4, -0.2) is 27.9 Å². The molecule has 0 unspecified atom stereocenters. The van der Waals surface area contributed by atoms with Gasteiger partial charge in [-0.2, -0.15) is 0 Å². The van der Waals surface area contributed by atoms with Gasteiger partial charge in [-0.3, -0.25) is 9.36 Å². The van der Waals surface area contributed by atoms with Crippen LogP contribution in [0.4, 0.5) is 0 Å². The molecule has 128 valence electrons. The van der Waals surface area contributed by atoms with E-state index in [4.69, 9.17) is 4.74 Å². The van der Waals surface area contributed by atoms with Crippen molar-refractivity contribution in [2.24, 2.45) is 0 Å². The van der Waals surface area contributed by atoms with Crippen LogP contribution in [-0.2, 0) is 9.53 Å². The van der Waals surface area contributed by atoms with E-state index >= 15 is 0 Å². The summed E-state index contributed by atoms with van der Waals surface area (Å²) in [5.41, 5.74) is 4.30. The number of imidazole rings is 1. The third-order valence-corrected chi connectivity index (χ3v) is 4.64. The minimum absolute atomic E-state index is 0.229. The topological polar surface area (TPSA) is 44.1 Å². The van der Waals surface area contributed by atoms with E-state index in [1.165, 1.54) is 17.3 Å². The number of ether oxygens (including phenoxy) is 1. The van der Waals surface area contributed by atoms with Crippen molar-refractivity contribution in [3.05, 3.63) is 66.4 Å². The minimum atomic E-state index is -0.229. The monoisotopic (exact) mass is 352 g/mol. The molecule has 0 N–H and O–H groups in total. The van der Waals surface area contributed by atoms with Crippen LogP contribution in [0, 0.1) is 6.92 Å². The van der Waals surface area contributed by atoms with Crippen molar-refractivity contribution in [3.8, 4) is 16.9 Å². The lowest BCUT2D eigenvalue weighted by Gasteiger charge is -2.12. The number of carbonyl (C=O) groups is 1.